The molecule has 0 amide bonds. The van der Waals surface area contributed by atoms with Gasteiger partial charge >= 0.3 is 0 Å². The number of pyridine rings is 1. The van der Waals surface area contributed by atoms with Crippen molar-refractivity contribution in [2.75, 3.05) is 5.32 Å². The lowest BCUT2D eigenvalue weighted by Gasteiger charge is -2.07. The van der Waals surface area contributed by atoms with Gasteiger partial charge in [-0.05, 0) is 48.5 Å². The van der Waals surface area contributed by atoms with Gasteiger partial charge < -0.3 is 5.32 Å². The highest BCUT2D eigenvalue weighted by Gasteiger charge is 2.04. The lowest BCUT2D eigenvalue weighted by molar-refractivity contribution is 0.628. The van der Waals surface area contributed by atoms with Gasteiger partial charge in [0.1, 0.15) is 16.5 Å². The Bertz CT molecular complexity index is 1010. The number of rotatable bonds is 4. The molecule has 0 atom stereocenters. The van der Waals surface area contributed by atoms with Crippen molar-refractivity contribution in [1.82, 2.24) is 9.97 Å². The van der Waals surface area contributed by atoms with Gasteiger partial charge in [-0.25, -0.2) is 19.4 Å². The summed E-state index contributed by atoms with van der Waals surface area (Å²) < 4.78 is 14.2. The van der Waals surface area contributed by atoms with Crippen LogP contribution in [0.25, 0.3) is 10.2 Å². The van der Waals surface area contributed by atoms with Gasteiger partial charge in [-0.2, -0.15) is 0 Å². The topological polar surface area (TPSA) is 50.2 Å². The van der Waals surface area contributed by atoms with Crippen molar-refractivity contribution < 1.29 is 4.39 Å². The summed E-state index contributed by atoms with van der Waals surface area (Å²) in [5, 5.41) is 3.99. The molecule has 2 aromatic heterocycles. The fraction of sp³-hybridized carbons (Fsp3) is 0. The lowest BCUT2D eigenvalue weighted by Crippen LogP contribution is -1.93. The van der Waals surface area contributed by atoms with E-state index in [2.05, 4.69) is 20.3 Å². The summed E-state index contributed by atoms with van der Waals surface area (Å²) in [6.07, 6.45) is 3.42. The number of thiazole rings is 1. The molecule has 0 fully saturated rings. The van der Waals surface area contributed by atoms with E-state index in [1.54, 1.807) is 35.9 Å². The minimum atomic E-state index is -0.277. The molecule has 0 bridgehead atoms. The lowest BCUT2D eigenvalue weighted by atomic mass is 10.3. The van der Waals surface area contributed by atoms with Crippen LogP contribution in [0.1, 0.15) is 5.01 Å². The van der Waals surface area contributed by atoms with Crippen molar-refractivity contribution in [3.8, 4) is 0 Å². The zero-order chi connectivity index (χ0) is 17.1. The molecule has 0 saturated heterocycles. The zero-order valence-corrected chi connectivity index (χ0v) is 13.9. The number of halogens is 1. The van der Waals surface area contributed by atoms with E-state index < -0.39 is 0 Å². The van der Waals surface area contributed by atoms with Gasteiger partial charge in [-0.3, -0.25) is 0 Å². The molecule has 0 aliphatic heterocycles. The molecule has 2 aromatic carbocycles. The molecule has 0 unspecified atom stereocenters. The third kappa shape index (κ3) is 3.54. The number of nitrogens with one attached hydrogen (secondary N) is 1. The first kappa shape index (κ1) is 15.4. The van der Waals surface area contributed by atoms with Crippen molar-refractivity contribution in [2.45, 2.75) is 0 Å². The van der Waals surface area contributed by atoms with E-state index in [0.717, 1.165) is 20.9 Å². The molecule has 2 heterocycles. The number of hydrogen-bond donors (Lipinski definition) is 1. The second-order valence-electron chi connectivity index (χ2n) is 5.28. The van der Waals surface area contributed by atoms with E-state index in [1.807, 2.05) is 36.4 Å². The van der Waals surface area contributed by atoms with Crippen molar-refractivity contribution in [3.63, 3.8) is 0 Å². The molecule has 6 heteroatoms. The summed E-state index contributed by atoms with van der Waals surface area (Å²) in [5.41, 5.74) is 2.40. The average molecular weight is 348 g/mol. The van der Waals surface area contributed by atoms with Crippen LogP contribution in [0.2, 0.25) is 0 Å². The number of nitrogens with zero attached hydrogens (tertiary/aromatic N) is 3. The fourth-order valence-electron chi connectivity index (χ4n) is 2.34. The minimum Gasteiger partial charge on any atom is -0.338 e. The van der Waals surface area contributed by atoms with Crippen molar-refractivity contribution in [2.24, 2.45) is 4.99 Å². The summed E-state index contributed by atoms with van der Waals surface area (Å²) in [6.45, 7) is 0. The number of para-hydroxylation sites is 1. The molecular formula is C19H13FN4S. The second kappa shape index (κ2) is 6.78. The van der Waals surface area contributed by atoms with Crippen LogP contribution in [0, 0.1) is 5.82 Å². The summed E-state index contributed by atoms with van der Waals surface area (Å²) in [5.74, 6) is 0.326. The van der Waals surface area contributed by atoms with Crippen LogP contribution in [0.15, 0.2) is 71.9 Å². The number of anilines is 2. The molecule has 0 radical (unpaired) electrons. The summed E-state index contributed by atoms with van der Waals surface area (Å²) in [7, 11) is 0. The molecule has 0 aliphatic carbocycles. The Hall–Kier alpha value is -3.12. The number of benzene rings is 2. The molecule has 0 saturated carbocycles. The van der Waals surface area contributed by atoms with Crippen LogP contribution in [-0.2, 0) is 0 Å². The molecule has 0 spiro atoms. The normalized spacial score (nSPS) is 11.2. The molecule has 4 aromatic rings. The van der Waals surface area contributed by atoms with Crippen LogP contribution in [-0.4, -0.2) is 16.2 Å². The Labute approximate surface area is 147 Å². The Balaban J connectivity index is 1.60. The fourth-order valence-corrected chi connectivity index (χ4v) is 3.18. The quantitative estimate of drug-likeness (QED) is 0.508. The van der Waals surface area contributed by atoms with Gasteiger partial charge in [-0.15, -0.1) is 11.3 Å². The highest BCUT2D eigenvalue weighted by Crippen LogP contribution is 2.26. The standard InChI is InChI=1S/C19H13FN4S/c20-13-7-9-14(10-8-13)23-19-16(5-3-11-21-19)22-12-18-24-15-4-1-2-6-17(15)25-18/h1-12H,(H,21,23). The van der Waals surface area contributed by atoms with Gasteiger partial charge in [0.15, 0.2) is 5.82 Å². The first-order chi connectivity index (χ1) is 12.3. The largest absolute Gasteiger partial charge is 0.338 e. The summed E-state index contributed by atoms with van der Waals surface area (Å²) in [6, 6.07) is 17.8. The van der Waals surface area contributed by atoms with Gasteiger partial charge in [0.2, 0.25) is 0 Å². The van der Waals surface area contributed by atoms with E-state index in [1.165, 1.54) is 12.1 Å². The highest BCUT2D eigenvalue weighted by atomic mass is 32.1. The maximum atomic E-state index is 13.0. The zero-order valence-electron chi connectivity index (χ0n) is 13.1. The Morgan fingerprint density at radius 2 is 1.84 bits per heavy atom. The molecule has 4 rings (SSSR count). The number of aliphatic imine (C=N–C) groups is 1. The number of fused-ring (bicyclic) bond motifs is 1. The predicted molar refractivity (Wildman–Crippen MR) is 101 cm³/mol. The summed E-state index contributed by atoms with van der Waals surface area (Å²) >= 11 is 1.59. The monoisotopic (exact) mass is 348 g/mol. The minimum absolute atomic E-state index is 0.277. The molecule has 122 valence electrons. The maximum absolute atomic E-state index is 13.0. The Morgan fingerprint density at radius 3 is 2.68 bits per heavy atom. The van der Waals surface area contributed by atoms with E-state index in [-0.39, 0.29) is 5.82 Å². The Kier molecular flexibility index (Phi) is 4.18. The van der Waals surface area contributed by atoms with Gasteiger partial charge in [0, 0.05) is 11.9 Å². The molecule has 0 aliphatic rings. The molecule has 4 nitrogen and oxygen atoms in total. The van der Waals surface area contributed by atoms with Gasteiger partial charge in [0.05, 0.1) is 16.4 Å². The van der Waals surface area contributed by atoms with Crippen molar-refractivity contribution >= 4 is 45.0 Å². The Morgan fingerprint density at radius 1 is 1.00 bits per heavy atom. The van der Waals surface area contributed by atoms with Crippen LogP contribution in [0.3, 0.4) is 0 Å². The van der Waals surface area contributed by atoms with Crippen LogP contribution in [0.5, 0.6) is 0 Å². The van der Waals surface area contributed by atoms with E-state index in [0.29, 0.717) is 11.5 Å². The van der Waals surface area contributed by atoms with Crippen LogP contribution >= 0.6 is 11.3 Å². The van der Waals surface area contributed by atoms with E-state index in [9.17, 15) is 4.39 Å². The van der Waals surface area contributed by atoms with E-state index in [4.69, 9.17) is 0 Å². The molecular weight excluding hydrogens is 335 g/mol. The molecule has 1 N–H and O–H groups in total. The van der Waals surface area contributed by atoms with Crippen molar-refractivity contribution in [3.05, 3.63) is 77.7 Å². The van der Waals surface area contributed by atoms with Crippen LogP contribution < -0.4 is 5.32 Å². The third-order valence-electron chi connectivity index (χ3n) is 3.52. The second-order valence-corrected chi connectivity index (χ2v) is 6.34. The number of hydrogen-bond acceptors (Lipinski definition) is 5. The van der Waals surface area contributed by atoms with Gasteiger partial charge in [0.25, 0.3) is 0 Å². The first-order valence-corrected chi connectivity index (χ1v) is 8.47. The van der Waals surface area contributed by atoms with Crippen LogP contribution in [0.4, 0.5) is 21.6 Å². The third-order valence-corrected chi connectivity index (χ3v) is 4.49. The number of aromatic nitrogens is 2. The first-order valence-electron chi connectivity index (χ1n) is 7.65. The molecule has 25 heavy (non-hydrogen) atoms. The average Bonchev–Trinajstić information content (AvgIpc) is 3.06. The predicted octanol–water partition coefficient (Wildman–Crippen LogP) is 5.32. The van der Waals surface area contributed by atoms with Crippen molar-refractivity contribution in [1.29, 1.82) is 0 Å². The smallest absolute Gasteiger partial charge is 0.156 e. The van der Waals surface area contributed by atoms with E-state index >= 15 is 0 Å². The van der Waals surface area contributed by atoms with Gasteiger partial charge in [-0.1, -0.05) is 12.1 Å². The SMILES string of the molecule is Fc1ccc(Nc2ncccc2N=Cc2nc3ccccc3s2)cc1. The maximum Gasteiger partial charge on any atom is 0.156 e. The summed E-state index contributed by atoms with van der Waals surface area (Å²) in [4.78, 5) is 13.4. The highest BCUT2D eigenvalue weighted by molar-refractivity contribution is 7.20.